The standard InChI is InChI=1S/C20H27N3O3/c1-4-6-19(24)23-8-5-7-13(12-23)20-15(21)9-14-10-17(25-2)18(26-3)11-16(14)22-20/h9-11,13H,4-8,12,21H2,1-3H3/t13-/m1/s1. The van der Waals surface area contributed by atoms with E-state index >= 15 is 0 Å². The monoisotopic (exact) mass is 357 g/mol. The molecule has 140 valence electrons. The molecule has 3 rings (SSSR count). The zero-order valence-corrected chi connectivity index (χ0v) is 15.7. The molecule has 2 heterocycles. The van der Waals surface area contributed by atoms with Crippen molar-refractivity contribution < 1.29 is 14.3 Å². The second-order valence-electron chi connectivity index (χ2n) is 6.79. The van der Waals surface area contributed by atoms with Gasteiger partial charge in [0, 0.05) is 36.9 Å². The third-order valence-corrected chi connectivity index (χ3v) is 5.01. The van der Waals surface area contributed by atoms with Gasteiger partial charge < -0.3 is 20.1 Å². The predicted octanol–water partition coefficient (Wildman–Crippen LogP) is 3.34. The highest BCUT2D eigenvalue weighted by molar-refractivity contribution is 5.86. The molecule has 6 heteroatoms. The van der Waals surface area contributed by atoms with E-state index in [1.807, 2.05) is 30.0 Å². The van der Waals surface area contributed by atoms with Crippen LogP contribution in [0.2, 0.25) is 0 Å². The Kier molecular flexibility index (Phi) is 5.49. The molecule has 1 fully saturated rings. The van der Waals surface area contributed by atoms with E-state index in [1.165, 1.54) is 0 Å². The van der Waals surface area contributed by atoms with Crippen molar-refractivity contribution in [3.05, 3.63) is 23.9 Å². The molecule has 0 aliphatic carbocycles. The SMILES string of the molecule is CCCC(=O)N1CCC[C@@H](c2nc3cc(OC)c(OC)cc3cc2N)C1. The van der Waals surface area contributed by atoms with Crippen molar-refractivity contribution in [2.45, 2.75) is 38.5 Å². The van der Waals surface area contributed by atoms with Gasteiger partial charge in [-0.15, -0.1) is 0 Å². The smallest absolute Gasteiger partial charge is 0.222 e. The van der Waals surface area contributed by atoms with Gasteiger partial charge in [0.2, 0.25) is 5.91 Å². The molecule has 2 aromatic rings. The summed E-state index contributed by atoms with van der Waals surface area (Å²) in [6, 6.07) is 5.70. The number of rotatable bonds is 5. The molecule has 0 bridgehead atoms. The fraction of sp³-hybridized carbons (Fsp3) is 0.500. The number of nitrogen functional groups attached to an aromatic ring is 1. The summed E-state index contributed by atoms with van der Waals surface area (Å²) in [5.74, 6) is 1.69. The zero-order chi connectivity index (χ0) is 18.7. The van der Waals surface area contributed by atoms with Crippen molar-refractivity contribution >= 4 is 22.5 Å². The first-order valence-electron chi connectivity index (χ1n) is 9.17. The molecule has 1 atom stereocenters. The maximum absolute atomic E-state index is 12.3. The lowest BCUT2D eigenvalue weighted by Crippen LogP contribution is -2.39. The number of benzene rings is 1. The Morgan fingerprint density at radius 1 is 1.27 bits per heavy atom. The number of nitrogens with two attached hydrogens (primary N) is 1. The number of aromatic nitrogens is 1. The van der Waals surface area contributed by atoms with Gasteiger partial charge in [-0.05, 0) is 31.4 Å². The van der Waals surface area contributed by atoms with E-state index in [0.717, 1.165) is 42.4 Å². The van der Waals surface area contributed by atoms with Gasteiger partial charge in [0.1, 0.15) is 0 Å². The summed E-state index contributed by atoms with van der Waals surface area (Å²) in [5.41, 5.74) is 8.68. The summed E-state index contributed by atoms with van der Waals surface area (Å²) in [5, 5.41) is 0.915. The zero-order valence-electron chi connectivity index (χ0n) is 15.7. The molecule has 2 N–H and O–H groups in total. The molecule has 1 saturated heterocycles. The van der Waals surface area contributed by atoms with Crippen LogP contribution in [0.4, 0.5) is 5.69 Å². The highest BCUT2D eigenvalue weighted by Gasteiger charge is 2.27. The largest absolute Gasteiger partial charge is 0.493 e. The van der Waals surface area contributed by atoms with Crippen LogP contribution >= 0.6 is 0 Å². The van der Waals surface area contributed by atoms with Gasteiger partial charge in [-0.3, -0.25) is 9.78 Å². The molecule has 6 nitrogen and oxygen atoms in total. The third-order valence-electron chi connectivity index (χ3n) is 5.01. The van der Waals surface area contributed by atoms with Gasteiger partial charge in [-0.2, -0.15) is 0 Å². The number of hydrogen-bond acceptors (Lipinski definition) is 5. The van der Waals surface area contributed by atoms with Crippen LogP contribution in [0.5, 0.6) is 11.5 Å². The molecule has 0 saturated carbocycles. The van der Waals surface area contributed by atoms with Gasteiger partial charge in [-0.1, -0.05) is 6.92 Å². The number of ether oxygens (including phenoxy) is 2. The molecule has 0 radical (unpaired) electrons. The number of methoxy groups -OCH3 is 2. The van der Waals surface area contributed by atoms with Gasteiger partial charge in [0.25, 0.3) is 0 Å². The number of pyridine rings is 1. The van der Waals surface area contributed by atoms with Crippen LogP contribution in [0, 0.1) is 0 Å². The molecule has 1 aromatic carbocycles. The first kappa shape index (κ1) is 18.3. The van der Waals surface area contributed by atoms with Crippen LogP contribution in [0.15, 0.2) is 18.2 Å². The summed E-state index contributed by atoms with van der Waals surface area (Å²) >= 11 is 0. The Labute approximate surface area is 154 Å². The number of likely N-dealkylation sites (tertiary alicyclic amines) is 1. The fourth-order valence-corrected chi connectivity index (χ4v) is 3.66. The molecule has 1 amide bonds. The Morgan fingerprint density at radius 2 is 2.00 bits per heavy atom. The average Bonchev–Trinajstić information content (AvgIpc) is 2.66. The van der Waals surface area contributed by atoms with Gasteiger partial charge in [0.05, 0.1) is 31.1 Å². The average molecular weight is 357 g/mol. The quantitative estimate of drug-likeness (QED) is 0.888. The summed E-state index contributed by atoms with van der Waals surface area (Å²) in [7, 11) is 3.22. The van der Waals surface area contributed by atoms with E-state index in [9.17, 15) is 4.79 Å². The first-order chi connectivity index (χ1) is 12.6. The molecule has 1 aliphatic rings. The lowest BCUT2D eigenvalue weighted by atomic mass is 9.92. The number of fused-ring (bicyclic) bond motifs is 1. The summed E-state index contributed by atoms with van der Waals surface area (Å²) in [6.45, 7) is 3.55. The summed E-state index contributed by atoms with van der Waals surface area (Å²) in [6.07, 6.45) is 3.44. The number of piperidine rings is 1. The second kappa shape index (κ2) is 7.81. The van der Waals surface area contributed by atoms with Crippen molar-refractivity contribution in [1.82, 2.24) is 9.88 Å². The van der Waals surface area contributed by atoms with Crippen molar-refractivity contribution in [3.8, 4) is 11.5 Å². The van der Waals surface area contributed by atoms with Gasteiger partial charge in [-0.25, -0.2) is 0 Å². The maximum Gasteiger partial charge on any atom is 0.222 e. The van der Waals surface area contributed by atoms with E-state index in [1.54, 1.807) is 14.2 Å². The molecular formula is C20H27N3O3. The van der Waals surface area contributed by atoms with Crippen LogP contribution < -0.4 is 15.2 Å². The molecule has 0 spiro atoms. The van der Waals surface area contributed by atoms with E-state index < -0.39 is 0 Å². The van der Waals surface area contributed by atoms with E-state index in [-0.39, 0.29) is 11.8 Å². The fourth-order valence-electron chi connectivity index (χ4n) is 3.66. The van der Waals surface area contributed by atoms with Crippen LogP contribution in [0.25, 0.3) is 10.9 Å². The summed E-state index contributed by atoms with van der Waals surface area (Å²) < 4.78 is 10.7. The van der Waals surface area contributed by atoms with Gasteiger partial charge >= 0.3 is 0 Å². The summed E-state index contributed by atoms with van der Waals surface area (Å²) in [4.78, 5) is 19.0. The predicted molar refractivity (Wildman–Crippen MR) is 103 cm³/mol. The Morgan fingerprint density at radius 3 is 2.69 bits per heavy atom. The Balaban J connectivity index is 1.94. The number of amides is 1. The van der Waals surface area contributed by atoms with Gasteiger partial charge in [0.15, 0.2) is 11.5 Å². The minimum absolute atomic E-state index is 0.169. The molecule has 0 unspecified atom stereocenters. The first-order valence-corrected chi connectivity index (χ1v) is 9.17. The lowest BCUT2D eigenvalue weighted by molar-refractivity contribution is -0.132. The number of nitrogens with zero attached hydrogens (tertiary/aromatic N) is 2. The normalized spacial score (nSPS) is 17.3. The Hall–Kier alpha value is -2.50. The number of hydrogen-bond donors (Lipinski definition) is 1. The van der Waals surface area contributed by atoms with Crippen LogP contribution in [-0.4, -0.2) is 43.1 Å². The molecular weight excluding hydrogens is 330 g/mol. The third kappa shape index (κ3) is 3.54. The highest BCUT2D eigenvalue weighted by atomic mass is 16.5. The highest BCUT2D eigenvalue weighted by Crippen LogP contribution is 2.36. The number of anilines is 1. The number of carbonyl (C=O) groups is 1. The minimum Gasteiger partial charge on any atom is -0.493 e. The van der Waals surface area contributed by atoms with Crippen molar-refractivity contribution in [2.75, 3.05) is 33.0 Å². The van der Waals surface area contributed by atoms with Crippen LogP contribution in [0.1, 0.15) is 44.2 Å². The second-order valence-corrected chi connectivity index (χ2v) is 6.79. The lowest BCUT2D eigenvalue weighted by Gasteiger charge is -2.33. The minimum atomic E-state index is 0.169. The molecule has 26 heavy (non-hydrogen) atoms. The number of carbonyl (C=O) groups excluding carboxylic acids is 1. The molecule has 1 aromatic heterocycles. The van der Waals surface area contributed by atoms with E-state index in [2.05, 4.69) is 0 Å². The molecule has 1 aliphatic heterocycles. The van der Waals surface area contributed by atoms with E-state index in [4.69, 9.17) is 20.2 Å². The van der Waals surface area contributed by atoms with Crippen molar-refractivity contribution in [1.29, 1.82) is 0 Å². The maximum atomic E-state index is 12.3. The van der Waals surface area contributed by atoms with Crippen molar-refractivity contribution in [2.24, 2.45) is 0 Å². The van der Waals surface area contributed by atoms with Crippen molar-refractivity contribution in [3.63, 3.8) is 0 Å². The van der Waals surface area contributed by atoms with Crippen LogP contribution in [0.3, 0.4) is 0 Å². The topological polar surface area (TPSA) is 77.7 Å². The Bertz CT molecular complexity index is 806. The van der Waals surface area contributed by atoms with Crippen LogP contribution in [-0.2, 0) is 4.79 Å². The van der Waals surface area contributed by atoms with E-state index in [0.29, 0.717) is 30.2 Å².